The lowest BCUT2D eigenvalue weighted by atomic mass is 10.1. The Morgan fingerprint density at radius 1 is 1.04 bits per heavy atom. The quantitative estimate of drug-likeness (QED) is 0.824. The van der Waals surface area contributed by atoms with E-state index in [1.165, 1.54) is 0 Å². The van der Waals surface area contributed by atoms with Gasteiger partial charge in [0, 0.05) is 25.2 Å². The number of carbonyl (C=O) groups excluding carboxylic acids is 1. The molecule has 0 saturated carbocycles. The first-order chi connectivity index (χ1) is 12.9. The van der Waals surface area contributed by atoms with Gasteiger partial charge in [0.1, 0.15) is 0 Å². The van der Waals surface area contributed by atoms with Crippen LogP contribution in [0.4, 0.5) is 5.69 Å². The highest BCUT2D eigenvalue weighted by molar-refractivity contribution is 7.89. The molecule has 144 valence electrons. The molecule has 1 aliphatic rings. The Hall–Kier alpha value is -2.18. The molecule has 0 radical (unpaired) electrons. The summed E-state index contributed by atoms with van der Waals surface area (Å²) in [6, 6.07) is 12.7. The van der Waals surface area contributed by atoms with Crippen molar-refractivity contribution in [2.24, 2.45) is 0 Å². The minimum absolute atomic E-state index is 0.0440. The predicted molar refractivity (Wildman–Crippen MR) is 107 cm³/mol. The molecule has 0 unspecified atom stereocenters. The number of anilines is 1. The zero-order valence-corrected chi connectivity index (χ0v) is 16.7. The topological polar surface area (TPSA) is 66.5 Å². The molecule has 1 amide bonds. The number of nitrogens with one attached hydrogen (secondary N) is 1. The van der Waals surface area contributed by atoms with Crippen molar-refractivity contribution in [2.75, 3.05) is 18.4 Å². The van der Waals surface area contributed by atoms with Crippen LogP contribution in [-0.2, 0) is 21.2 Å². The SMILES string of the molecule is Cc1cccc(NC(=O)CCc2ccc(S(=O)(=O)N3CCCC3)cc2)c1C. The van der Waals surface area contributed by atoms with Crippen LogP contribution in [0.3, 0.4) is 0 Å². The van der Waals surface area contributed by atoms with E-state index in [9.17, 15) is 13.2 Å². The molecule has 0 bridgehead atoms. The highest BCUT2D eigenvalue weighted by Gasteiger charge is 2.26. The van der Waals surface area contributed by atoms with Gasteiger partial charge < -0.3 is 5.32 Å². The number of sulfonamides is 1. The van der Waals surface area contributed by atoms with Gasteiger partial charge in [-0.2, -0.15) is 4.31 Å². The molecular weight excluding hydrogens is 360 g/mol. The Bertz CT molecular complexity index is 915. The predicted octanol–water partition coefficient (Wildman–Crippen LogP) is 3.66. The van der Waals surface area contributed by atoms with Crippen molar-refractivity contribution < 1.29 is 13.2 Å². The second-order valence-corrected chi connectivity index (χ2v) is 8.99. The van der Waals surface area contributed by atoms with E-state index >= 15 is 0 Å². The first kappa shape index (κ1) is 19.6. The maximum atomic E-state index is 12.5. The second-order valence-electron chi connectivity index (χ2n) is 7.05. The third kappa shape index (κ3) is 4.57. The van der Waals surface area contributed by atoms with Crippen molar-refractivity contribution >= 4 is 21.6 Å². The molecule has 1 aliphatic heterocycles. The molecule has 6 heteroatoms. The lowest BCUT2D eigenvalue weighted by Crippen LogP contribution is -2.27. The van der Waals surface area contributed by atoms with Crippen LogP contribution in [0.2, 0.25) is 0 Å². The largest absolute Gasteiger partial charge is 0.326 e. The zero-order chi connectivity index (χ0) is 19.4. The van der Waals surface area contributed by atoms with Crippen LogP contribution in [0.1, 0.15) is 36.0 Å². The molecule has 5 nitrogen and oxygen atoms in total. The van der Waals surface area contributed by atoms with Gasteiger partial charge in [0.2, 0.25) is 15.9 Å². The Kier molecular flexibility index (Phi) is 5.97. The molecule has 3 rings (SSSR count). The lowest BCUT2D eigenvalue weighted by molar-refractivity contribution is -0.116. The van der Waals surface area contributed by atoms with E-state index in [1.54, 1.807) is 28.6 Å². The van der Waals surface area contributed by atoms with Crippen LogP contribution >= 0.6 is 0 Å². The number of amides is 1. The monoisotopic (exact) mass is 386 g/mol. The third-order valence-corrected chi connectivity index (χ3v) is 7.06. The Morgan fingerprint density at radius 2 is 1.70 bits per heavy atom. The summed E-state index contributed by atoms with van der Waals surface area (Å²) in [5.41, 5.74) is 4.00. The fourth-order valence-electron chi connectivity index (χ4n) is 3.26. The van der Waals surface area contributed by atoms with E-state index in [0.29, 0.717) is 30.8 Å². The Balaban J connectivity index is 1.58. The fraction of sp³-hybridized carbons (Fsp3) is 0.381. The summed E-state index contributed by atoms with van der Waals surface area (Å²) < 4.78 is 26.6. The molecule has 1 saturated heterocycles. The van der Waals surface area contributed by atoms with Gasteiger partial charge in [-0.3, -0.25) is 4.79 Å². The van der Waals surface area contributed by atoms with E-state index in [1.807, 2.05) is 32.0 Å². The molecule has 0 spiro atoms. The molecule has 2 aromatic rings. The Labute approximate surface area is 161 Å². The van der Waals surface area contributed by atoms with Crippen LogP contribution in [0.25, 0.3) is 0 Å². The standard InChI is InChI=1S/C21H26N2O3S/c1-16-6-5-7-20(17(16)2)22-21(24)13-10-18-8-11-19(12-9-18)27(25,26)23-14-3-4-15-23/h5-9,11-12H,3-4,10,13-15H2,1-2H3,(H,22,24). The fourth-order valence-corrected chi connectivity index (χ4v) is 4.78. The van der Waals surface area contributed by atoms with E-state index < -0.39 is 10.0 Å². The van der Waals surface area contributed by atoms with Gasteiger partial charge in [0.05, 0.1) is 4.90 Å². The molecule has 1 N–H and O–H groups in total. The summed E-state index contributed by atoms with van der Waals surface area (Å²) in [7, 11) is -3.38. The van der Waals surface area contributed by atoms with Gasteiger partial charge in [-0.15, -0.1) is 0 Å². The minimum Gasteiger partial charge on any atom is -0.326 e. The maximum Gasteiger partial charge on any atom is 0.243 e. The minimum atomic E-state index is -3.38. The highest BCUT2D eigenvalue weighted by Crippen LogP contribution is 2.22. The molecule has 1 heterocycles. The molecule has 0 aliphatic carbocycles. The number of rotatable bonds is 6. The number of carbonyl (C=O) groups is 1. The van der Waals surface area contributed by atoms with Crippen LogP contribution in [0, 0.1) is 13.8 Å². The smallest absolute Gasteiger partial charge is 0.243 e. The first-order valence-corrected chi connectivity index (χ1v) is 10.8. The first-order valence-electron chi connectivity index (χ1n) is 9.33. The summed E-state index contributed by atoms with van der Waals surface area (Å²) in [5, 5.41) is 2.95. The number of hydrogen-bond acceptors (Lipinski definition) is 3. The number of benzene rings is 2. The van der Waals surface area contributed by atoms with Crippen LogP contribution in [-0.4, -0.2) is 31.7 Å². The maximum absolute atomic E-state index is 12.5. The van der Waals surface area contributed by atoms with Gasteiger partial charge in [-0.25, -0.2) is 8.42 Å². The van der Waals surface area contributed by atoms with E-state index in [2.05, 4.69) is 5.32 Å². The highest BCUT2D eigenvalue weighted by atomic mass is 32.2. The van der Waals surface area contributed by atoms with E-state index in [-0.39, 0.29) is 5.91 Å². The summed E-state index contributed by atoms with van der Waals surface area (Å²) >= 11 is 0. The molecule has 2 aromatic carbocycles. The van der Waals surface area contributed by atoms with Gasteiger partial charge in [0.15, 0.2) is 0 Å². The van der Waals surface area contributed by atoms with Gasteiger partial charge in [-0.1, -0.05) is 24.3 Å². The van der Waals surface area contributed by atoms with Crippen molar-refractivity contribution in [1.29, 1.82) is 0 Å². The van der Waals surface area contributed by atoms with Crippen molar-refractivity contribution in [2.45, 2.75) is 44.4 Å². The van der Waals surface area contributed by atoms with E-state index in [4.69, 9.17) is 0 Å². The van der Waals surface area contributed by atoms with Gasteiger partial charge in [0.25, 0.3) is 0 Å². The van der Waals surface area contributed by atoms with Crippen molar-refractivity contribution in [3.8, 4) is 0 Å². The van der Waals surface area contributed by atoms with Crippen molar-refractivity contribution in [1.82, 2.24) is 4.31 Å². The second kappa shape index (κ2) is 8.23. The lowest BCUT2D eigenvalue weighted by Gasteiger charge is -2.15. The van der Waals surface area contributed by atoms with Crippen molar-refractivity contribution in [3.05, 3.63) is 59.2 Å². The van der Waals surface area contributed by atoms with E-state index in [0.717, 1.165) is 35.2 Å². The Morgan fingerprint density at radius 3 is 2.37 bits per heavy atom. The molecular formula is C21H26N2O3S. The zero-order valence-electron chi connectivity index (χ0n) is 15.9. The van der Waals surface area contributed by atoms with Crippen LogP contribution < -0.4 is 5.32 Å². The molecule has 1 fully saturated rings. The molecule has 0 atom stereocenters. The third-order valence-electron chi connectivity index (χ3n) is 5.15. The average molecular weight is 387 g/mol. The van der Waals surface area contributed by atoms with Crippen LogP contribution in [0.5, 0.6) is 0 Å². The average Bonchev–Trinajstić information content (AvgIpc) is 3.20. The van der Waals surface area contributed by atoms with Gasteiger partial charge >= 0.3 is 0 Å². The summed E-state index contributed by atoms with van der Waals surface area (Å²) in [6.07, 6.45) is 2.77. The molecule has 0 aromatic heterocycles. The summed E-state index contributed by atoms with van der Waals surface area (Å²) in [6.45, 7) is 5.21. The van der Waals surface area contributed by atoms with Crippen molar-refractivity contribution in [3.63, 3.8) is 0 Å². The van der Waals surface area contributed by atoms with Gasteiger partial charge in [-0.05, 0) is 68.0 Å². The number of aryl methyl sites for hydroxylation is 2. The normalized spacial score (nSPS) is 15.0. The number of nitrogens with zero attached hydrogens (tertiary/aromatic N) is 1. The molecule has 27 heavy (non-hydrogen) atoms. The summed E-state index contributed by atoms with van der Waals surface area (Å²) in [4.78, 5) is 12.6. The van der Waals surface area contributed by atoms with Crippen LogP contribution in [0.15, 0.2) is 47.4 Å². The summed E-state index contributed by atoms with van der Waals surface area (Å²) in [5.74, 6) is -0.0440. The number of hydrogen-bond donors (Lipinski definition) is 1.